The molecule has 0 saturated heterocycles. The predicted octanol–water partition coefficient (Wildman–Crippen LogP) is 10.0. The number of rotatable bonds is 13. The van der Waals surface area contributed by atoms with Crippen molar-refractivity contribution in [2.75, 3.05) is 13.2 Å². The minimum atomic E-state index is -0.463. The number of aromatic hydroxyl groups is 2. The van der Waals surface area contributed by atoms with Gasteiger partial charge in [-0.15, -0.1) is 0 Å². The van der Waals surface area contributed by atoms with Gasteiger partial charge in [0.1, 0.15) is 41.9 Å². The Hall–Kier alpha value is -5.38. The number of carbonyl (C=O) groups is 2. The molecular weight excluding hydrogens is 697 g/mol. The quantitative estimate of drug-likeness (QED) is 0.112. The van der Waals surface area contributed by atoms with E-state index in [0.717, 1.165) is 96.2 Å². The molecule has 286 valence electrons. The maximum Gasteiger partial charge on any atom is 0.306 e. The number of ether oxygens (including phenoxy) is 2. The van der Waals surface area contributed by atoms with Gasteiger partial charge < -0.3 is 28.7 Å². The molecule has 3 saturated carbocycles. The van der Waals surface area contributed by atoms with Crippen LogP contribution in [0.5, 0.6) is 11.5 Å². The number of hydrogen-bond donors (Lipinski definition) is 2. The second-order valence-corrected chi connectivity index (χ2v) is 16.3. The first-order valence-corrected chi connectivity index (χ1v) is 19.6. The first-order chi connectivity index (χ1) is 26.6. The topological polar surface area (TPSA) is 145 Å². The largest absolute Gasteiger partial charge is 0.508 e. The molecule has 0 amide bonds. The SMILES string of the molecule is CC(=O)OCC1(c2onc(-c3ccc(O)cc3)c2-c2ccc(-c3cc(-c4noc(C5(COC(=O)CC(C)C)CC5)c4C4CCCCC4)ccc3O)cc2)CC1. The highest BCUT2D eigenvalue weighted by molar-refractivity contribution is 5.85. The normalized spacial score (nSPS) is 17.2. The molecule has 0 unspecified atom stereocenters. The second kappa shape index (κ2) is 14.7. The predicted molar refractivity (Wildman–Crippen MR) is 206 cm³/mol. The summed E-state index contributed by atoms with van der Waals surface area (Å²) in [4.78, 5) is 24.3. The number of benzene rings is 3. The molecule has 2 N–H and O–H groups in total. The van der Waals surface area contributed by atoms with Crippen LogP contribution in [0, 0.1) is 5.92 Å². The van der Waals surface area contributed by atoms with Crippen LogP contribution in [0.25, 0.3) is 44.8 Å². The van der Waals surface area contributed by atoms with E-state index in [0.29, 0.717) is 36.0 Å². The summed E-state index contributed by atoms with van der Waals surface area (Å²) in [5, 5.41) is 30.4. The molecule has 3 fully saturated rings. The fourth-order valence-corrected chi connectivity index (χ4v) is 8.15. The smallest absolute Gasteiger partial charge is 0.306 e. The highest BCUT2D eigenvalue weighted by Gasteiger charge is 2.53. The Labute approximate surface area is 320 Å². The van der Waals surface area contributed by atoms with Crippen molar-refractivity contribution < 1.29 is 38.3 Å². The Bertz CT molecular complexity index is 2180. The zero-order valence-electron chi connectivity index (χ0n) is 31.7. The van der Waals surface area contributed by atoms with Gasteiger partial charge in [0.05, 0.1) is 16.4 Å². The summed E-state index contributed by atoms with van der Waals surface area (Å²) in [7, 11) is 0. The molecule has 10 nitrogen and oxygen atoms in total. The van der Waals surface area contributed by atoms with Crippen LogP contribution in [0.15, 0.2) is 75.8 Å². The van der Waals surface area contributed by atoms with Crippen LogP contribution in [0.4, 0.5) is 0 Å². The molecule has 0 radical (unpaired) electrons. The van der Waals surface area contributed by atoms with Gasteiger partial charge in [-0.25, -0.2) is 0 Å². The fraction of sp³-hybridized carbons (Fsp3) is 0.422. The van der Waals surface area contributed by atoms with E-state index >= 15 is 0 Å². The second-order valence-electron chi connectivity index (χ2n) is 16.3. The zero-order chi connectivity index (χ0) is 38.3. The van der Waals surface area contributed by atoms with Gasteiger partial charge >= 0.3 is 11.9 Å². The molecule has 55 heavy (non-hydrogen) atoms. The number of phenolic OH excluding ortho intramolecular Hbond substituents is 2. The van der Waals surface area contributed by atoms with Crippen molar-refractivity contribution in [2.24, 2.45) is 5.92 Å². The van der Waals surface area contributed by atoms with Crippen LogP contribution in [-0.2, 0) is 29.9 Å². The van der Waals surface area contributed by atoms with Crippen molar-refractivity contribution in [2.45, 2.75) is 102 Å². The molecule has 0 bridgehead atoms. The van der Waals surface area contributed by atoms with Crippen LogP contribution < -0.4 is 0 Å². The summed E-state index contributed by atoms with van der Waals surface area (Å²) in [6.45, 7) is 5.93. The number of nitrogens with zero attached hydrogens (tertiary/aromatic N) is 2. The minimum absolute atomic E-state index is 0.143. The number of esters is 2. The highest BCUT2D eigenvalue weighted by Crippen LogP contribution is 2.55. The van der Waals surface area contributed by atoms with Gasteiger partial charge in [-0.2, -0.15) is 0 Å². The van der Waals surface area contributed by atoms with Crippen molar-refractivity contribution in [3.8, 4) is 56.3 Å². The molecule has 3 aliphatic carbocycles. The van der Waals surface area contributed by atoms with Crippen LogP contribution in [0.1, 0.15) is 108 Å². The van der Waals surface area contributed by atoms with Crippen molar-refractivity contribution in [3.05, 3.63) is 83.8 Å². The van der Waals surface area contributed by atoms with Crippen molar-refractivity contribution in [1.82, 2.24) is 10.3 Å². The fourth-order valence-electron chi connectivity index (χ4n) is 8.15. The Morgan fingerprint density at radius 3 is 1.98 bits per heavy atom. The third-order valence-electron chi connectivity index (χ3n) is 11.6. The van der Waals surface area contributed by atoms with E-state index in [1.165, 1.54) is 13.3 Å². The van der Waals surface area contributed by atoms with E-state index < -0.39 is 5.41 Å². The summed E-state index contributed by atoms with van der Waals surface area (Å²) in [5.74, 6) is 1.80. The molecule has 5 aromatic rings. The number of hydrogen-bond acceptors (Lipinski definition) is 10. The van der Waals surface area contributed by atoms with Crippen molar-refractivity contribution >= 4 is 11.9 Å². The average molecular weight is 745 g/mol. The minimum Gasteiger partial charge on any atom is -0.508 e. The molecule has 2 heterocycles. The van der Waals surface area contributed by atoms with Gasteiger partial charge in [-0.3, -0.25) is 9.59 Å². The lowest BCUT2D eigenvalue weighted by molar-refractivity contribution is -0.145. The Morgan fingerprint density at radius 2 is 1.33 bits per heavy atom. The van der Waals surface area contributed by atoms with Gasteiger partial charge in [0.15, 0.2) is 5.76 Å². The number of phenols is 2. The monoisotopic (exact) mass is 744 g/mol. The third kappa shape index (κ3) is 7.39. The van der Waals surface area contributed by atoms with Crippen molar-refractivity contribution in [1.29, 1.82) is 0 Å². The maximum atomic E-state index is 12.5. The first kappa shape index (κ1) is 36.6. The summed E-state index contributed by atoms with van der Waals surface area (Å²) < 4.78 is 23.6. The number of aromatic nitrogens is 2. The molecule has 0 spiro atoms. The lowest BCUT2D eigenvalue weighted by Gasteiger charge is -2.24. The Morgan fingerprint density at radius 1 is 0.745 bits per heavy atom. The van der Waals surface area contributed by atoms with E-state index in [-0.39, 0.29) is 41.4 Å². The van der Waals surface area contributed by atoms with E-state index in [9.17, 15) is 19.8 Å². The van der Waals surface area contributed by atoms with Crippen LogP contribution in [0.2, 0.25) is 0 Å². The van der Waals surface area contributed by atoms with E-state index in [2.05, 4.69) is 5.16 Å². The van der Waals surface area contributed by atoms with E-state index in [1.807, 2.05) is 50.2 Å². The lowest BCUT2D eigenvalue weighted by Crippen LogP contribution is -2.21. The zero-order valence-corrected chi connectivity index (χ0v) is 31.7. The standard InChI is InChI=1S/C45H48N2O8/c1-27(2)23-37(51)53-26-45(21-22-45)42-38(30-7-5-4-6-8-30)41(47-55-42)33-15-18-36(50)35(24-33)29-9-11-31(12-10-29)39-40(32-13-16-34(49)17-14-32)46-54-43(39)44(19-20-44)25-52-28(3)48/h9-18,24,27,30,49-50H,4-8,19-23,25-26H2,1-3H3. The summed E-state index contributed by atoms with van der Waals surface area (Å²) in [5.41, 5.74) is 6.49. The molecule has 2 aromatic heterocycles. The van der Waals surface area contributed by atoms with Crippen LogP contribution in [0.3, 0.4) is 0 Å². The molecule has 10 heteroatoms. The van der Waals surface area contributed by atoms with Gasteiger partial charge in [0, 0.05) is 35.6 Å². The summed E-state index contributed by atoms with van der Waals surface area (Å²) >= 11 is 0. The highest BCUT2D eigenvalue weighted by atomic mass is 16.5. The van der Waals surface area contributed by atoms with E-state index in [4.69, 9.17) is 23.7 Å². The average Bonchev–Trinajstić information content (AvgIpc) is 4.06. The molecule has 3 aliphatic rings. The maximum absolute atomic E-state index is 12.5. The molecular formula is C45H48N2O8. The number of carbonyl (C=O) groups excluding carboxylic acids is 2. The van der Waals surface area contributed by atoms with Crippen LogP contribution >= 0.6 is 0 Å². The Kier molecular flexibility index (Phi) is 9.78. The summed E-state index contributed by atoms with van der Waals surface area (Å²) in [6, 6.07) is 20.3. The van der Waals surface area contributed by atoms with Crippen molar-refractivity contribution in [3.63, 3.8) is 0 Å². The first-order valence-electron chi connectivity index (χ1n) is 19.6. The summed E-state index contributed by atoms with van der Waals surface area (Å²) in [6.07, 6.45) is 9.36. The molecule has 3 aromatic carbocycles. The molecule has 8 rings (SSSR count). The van der Waals surface area contributed by atoms with Gasteiger partial charge in [0.2, 0.25) is 0 Å². The molecule has 0 aliphatic heterocycles. The lowest BCUT2D eigenvalue weighted by atomic mass is 9.79. The van der Waals surface area contributed by atoms with E-state index in [1.54, 1.807) is 30.3 Å². The van der Waals surface area contributed by atoms with Gasteiger partial charge in [-0.05, 0) is 104 Å². The third-order valence-corrected chi connectivity index (χ3v) is 11.6. The molecule has 0 atom stereocenters. The Balaban J connectivity index is 1.14. The van der Waals surface area contributed by atoms with Gasteiger partial charge in [-0.1, -0.05) is 67.7 Å². The van der Waals surface area contributed by atoms with Crippen LogP contribution in [-0.4, -0.2) is 45.7 Å². The van der Waals surface area contributed by atoms with Gasteiger partial charge in [0.25, 0.3) is 0 Å².